The van der Waals surface area contributed by atoms with Gasteiger partial charge in [-0.25, -0.2) is 8.78 Å². The molecule has 1 fully saturated rings. The van der Waals surface area contributed by atoms with E-state index in [9.17, 15) is 8.78 Å². The minimum Gasteiger partial charge on any atom is -0.380 e. The van der Waals surface area contributed by atoms with Crippen LogP contribution in [-0.4, -0.2) is 24.1 Å². The molecule has 5 heteroatoms. The molecule has 1 aliphatic heterocycles. The lowest BCUT2D eigenvalue weighted by atomic mass is 10.0. The first kappa shape index (κ1) is 13.8. The van der Waals surface area contributed by atoms with E-state index in [0.29, 0.717) is 0 Å². The summed E-state index contributed by atoms with van der Waals surface area (Å²) in [4.78, 5) is 6.29. The second-order valence-electron chi connectivity index (χ2n) is 5.21. The van der Waals surface area contributed by atoms with E-state index in [2.05, 4.69) is 15.2 Å². The molecular formula is C16H17F2N3. The molecule has 0 amide bonds. The topological polar surface area (TPSA) is 28.2 Å². The summed E-state index contributed by atoms with van der Waals surface area (Å²) in [5.41, 5.74) is 1.40. The van der Waals surface area contributed by atoms with E-state index in [1.54, 1.807) is 18.5 Å². The second kappa shape index (κ2) is 6.08. The largest absolute Gasteiger partial charge is 0.380 e. The van der Waals surface area contributed by atoms with Crippen LogP contribution >= 0.6 is 0 Å². The third-order valence-electron chi connectivity index (χ3n) is 3.83. The molecule has 1 aromatic heterocycles. The third-order valence-corrected chi connectivity index (χ3v) is 3.83. The van der Waals surface area contributed by atoms with Gasteiger partial charge in [0.15, 0.2) is 11.6 Å². The van der Waals surface area contributed by atoms with Crippen LogP contribution < -0.4 is 10.2 Å². The van der Waals surface area contributed by atoms with Crippen molar-refractivity contribution in [3.63, 3.8) is 0 Å². The summed E-state index contributed by atoms with van der Waals surface area (Å²) >= 11 is 0. The molecular weight excluding hydrogens is 272 g/mol. The predicted molar refractivity (Wildman–Crippen MR) is 79.5 cm³/mol. The molecule has 0 radical (unpaired) electrons. The van der Waals surface area contributed by atoms with E-state index in [4.69, 9.17) is 0 Å². The lowest BCUT2D eigenvalue weighted by Gasteiger charge is -2.34. The Morgan fingerprint density at radius 1 is 1.05 bits per heavy atom. The van der Waals surface area contributed by atoms with Crippen LogP contribution in [0.1, 0.15) is 12.8 Å². The van der Waals surface area contributed by atoms with E-state index in [1.165, 1.54) is 6.07 Å². The average Bonchev–Trinajstić information content (AvgIpc) is 2.53. The Hall–Kier alpha value is -2.17. The van der Waals surface area contributed by atoms with Gasteiger partial charge in [-0.15, -0.1) is 0 Å². The van der Waals surface area contributed by atoms with Crippen molar-refractivity contribution in [3.05, 3.63) is 54.4 Å². The molecule has 110 valence electrons. The molecule has 3 rings (SSSR count). The lowest BCUT2D eigenvalue weighted by molar-refractivity contribution is 0.498. The number of pyridine rings is 1. The van der Waals surface area contributed by atoms with Crippen LogP contribution in [0.2, 0.25) is 0 Å². The number of piperidine rings is 1. The Kier molecular flexibility index (Phi) is 3.99. The number of hydrogen-bond acceptors (Lipinski definition) is 3. The average molecular weight is 289 g/mol. The maximum absolute atomic E-state index is 13.6. The van der Waals surface area contributed by atoms with Gasteiger partial charge in [0.1, 0.15) is 0 Å². The number of anilines is 2. The van der Waals surface area contributed by atoms with Gasteiger partial charge < -0.3 is 10.2 Å². The highest BCUT2D eigenvalue weighted by molar-refractivity contribution is 5.48. The Morgan fingerprint density at radius 3 is 2.48 bits per heavy atom. The number of benzene rings is 1. The predicted octanol–water partition coefficient (Wildman–Crippen LogP) is 3.44. The monoisotopic (exact) mass is 289 g/mol. The molecule has 1 N–H and O–H groups in total. The van der Waals surface area contributed by atoms with Crippen molar-refractivity contribution in [1.82, 2.24) is 4.98 Å². The fourth-order valence-corrected chi connectivity index (χ4v) is 2.67. The lowest BCUT2D eigenvalue weighted by Crippen LogP contribution is -2.39. The third kappa shape index (κ3) is 3.12. The van der Waals surface area contributed by atoms with E-state index in [1.807, 2.05) is 12.1 Å². The maximum atomic E-state index is 13.6. The Balaban J connectivity index is 1.60. The SMILES string of the molecule is Fc1cccc(NC2CCN(c3ccncc3)CC2)c1F. The van der Waals surface area contributed by atoms with Crippen molar-refractivity contribution in [1.29, 1.82) is 0 Å². The van der Waals surface area contributed by atoms with Crippen LogP contribution in [0.25, 0.3) is 0 Å². The van der Waals surface area contributed by atoms with Gasteiger partial charge in [-0.3, -0.25) is 4.98 Å². The Bertz CT molecular complexity index is 596. The molecule has 1 saturated heterocycles. The highest BCUT2D eigenvalue weighted by Gasteiger charge is 2.20. The fourth-order valence-electron chi connectivity index (χ4n) is 2.67. The number of aromatic nitrogens is 1. The molecule has 0 unspecified atom stereocenters. The number of nitrogens with one attached hydrogen (secondary N) is 1. The zero-order valence-corrected chi connectivity index (χ0v) is 11.6. The van der Waals surface area contributed by atoms with Gasteiger partial charge in [-0.1, -0.05) is 6.07 Å². The molecule has 0 atom stereocenters. The summed E-state index contributed by atoms with van der Waals surface area (Å²) in [5.74, 6) is -1.61. The molecule has 0 bridgehead atoms. The van der Waals surface area contributed by atoms with Crippen molar-refractivity contribution in [2.24, 2.45) is 0 Å². The van der Waals surface area contributed by atoms with Crippen LogP contribution in [0, 0.1) is 11.6 Å². The van der Waals surface area contributed by atoms with Crippen LogP contribution in [0.15, 0.2) is 42.7 Å². The molecule has 2 aromatic rings. The molecule has 2 heterocycles. The zero-order valence-electron chi connectivity index (χ0n) is 11.6. The smallest absolute Gasteiger partial charge is 0.181 e. The van der Waals surface area contributed by atoms with E-state index in [0.717, 1.165) is 37.7 Å². The van der Waals surface area contributed by atoms with Crippen molar-refractivity contribution in [3.8, 4) is 0 Å². The molecule has 0 aliphatic carbocycles. The van der Waals surface area contributed by atoms with Crippen LogP contribution in [0.4, 0.5) is 20.2 Å². The first-order valence-corrected chi connectivity index (χ1v) is 7.09. The highest BCUT2D eigenvalue weighted by atomic mass is 19.2. The van der Waals surface area contributed by atoms with Gasteiger partial charge >= 0.3 is 0 Å². The summed E-state index contributed by atoms with van der Waals surface area (Å²) in [6, 6.07) is 8.37. The fraction of sp³-hybridized carbons (Fsp3) is 0.312. The van der Waals surface area contributed by atoms with Gasteiger partial charge in [0.2, 0.25) is 0 Å². The van der Waals surface area contributed by atoms with Gasteiger partial charge in [0.05, 0.1) is 5.69 Å². The molecule has 21 heavy (non-hydrogen) atoms. The van der Waals surface area contributed by atoms with Gasteiger partial charge in [0.25, 0.3) is 0 Å². The van der Waals surface area contributed by atoms with Gasteiger partial charge in [0, 0.05) is 37.2 Å². The molecule has 1 aliphatic rings. The number of halogens is 2. The second-order valence-corrected chi connectivity index (χ2v) is 5.21. The van der Waals surface area contributed by atoms with E-state index >= 15 is 0 Å². The normalized spacial score (nSPS) is 16.0. The Morgan fingerprint density at radius 2 is 1.76 bits per heavy atom. The minimum atomic E-state index is -0.811. The number of rotatable bonds is 3. The summed E-state index contributed by atoms with van der Waals surface area (Å²) in [5, 5.41) is 3.11. The highest BCUT2D eigenvalue weighted by Crippen LogP contribution is 2.23. The van der Waals surface area contributed by atoms with E-state index < -0.39 is 11.6 Å². The summed E-state index contributed by atoms with van der Waals surface area (Å²) in [6.07, 6.45) is 5.33. The minimum absolute atomic E-state index is 0.166. The molecule has 3 nitrogen and oxygen atoms in total. The van der Waals surface area contributed by atoms with Crippen LogP contribution in [0.5, 0.6) is 0 Å². The van der Waals surface area contributed by atoms with Crippen molar-refractivity contribution in [2.75, 3.05) is 23.3 Å². The quantitative estimate of drug-likeness (QED) is 0.938. The first-order valence-electron chi connectivity index (χ1n) is 7.09. The van der Waals surface area contributed by atoms with Crippen LogP contribution in [0.3, 0.4) is 0 Å². The van der Waals surface area contributed by atoms with Crippen molar-refractivity contribution in [2.45, 2.75) is 18.9 Å². The Labute approximate surface area is 122 Å². The summed E-state index contributed by atoms with van der Waals surface area (Å²) < 4.78 is 26.8. The maximum Gasteiger partial charge on any atom is 0.181 e. The molecule has 0 spiro atoms. The molecule has 0 saturated carbocycles. The summed E-state index contributed by atoms with van der Waals surface area (Å²) in [7, 11) is 0. The summed E-state index contributed by atoms with van der Waals surface area (Å²) in [6.45, 7) is 1.78. The van der Waals surface area contributed by atoms with Crippen molar-refractivity contribution < 1.29 is 8.78 Å². The standard InChI is InChI=1S/C16H17F2N3/c17-14-2-1-3-15(16(14)18)20-12-6-10-21(11-7-12)13-4-8-19-9-5-13/h1-5,8-9,12,20H,6-7,10-11H2. The number of nitrogens with zero attached hydrogens (tertiary/aromatic N) is 2. The first-order chi connectivity index (χ1) is 10.2. The van der Waals surface area contributed by atoms with Crippen molar-refractivity contribution >= 4 is 11.4 Å². The van der Waals surface area contributed by atoms with Crippen LogP contribution in [-0.2, 0) is 0 Å². The van der Waals surface area contributed by atoms with Gasteiger partial charge in [-0.05, 0) is 37.1 Å². The zero-order chi connectivity index (χ0) is 14.7. The number of hydrogen-bond donors (Lipinski definition) is 1. The van der Waals surface area contributed by atoms with Gasteiger partial charge in [-0.2, -0.15) is 0 Å². The molecule has 1 aromatic carbocycles. The van der Waals surface area contributed by atoms with E-state index in [-0.39, 0.29) is 11.7 Å².